The molecule has 144 valence electrons. The van der Waals surface area contributed by atoms with Crippen LogP contribution in [-0.4, -0.2) is 14.2 Å². The number of methoxy groups -OCH3 is 2. The second-order valence-electron chi connectivity index (χ2n) is 8.16. The fraction of sp³-hybridized carbons (Fsp3) is 0.500. The number of aryl methyl sites for hydroxylation is 2. The third-order valence-electron chi connectivity index (χ3n) is 6.50. The highest BCUT2D eigenvalue weighted by molar-refractivity contribution is 5.66. The van der Waals surface area contributed by atoms with Crippen LogP contribution in [0.1, 0.15) is 65.0 Å². The molecule has 0 unspecified atom stereocenters. The van der Waals surface area contributed by atoms with Gasteiger partial charge >= 0.3 is 0 Å². The Kier molecular flexibility index (Phi) is 4.57. The molecular formula is C24H30O3. The number of ether oxygens (including phenoxy) is 3. The molecule has 0 saturated heterocycles. The van der Waals surface area contributed by atoms with Crippen molar-refractivity contribution in [2.45, 2.75) is 59.3 Å². The van der Waals surface area contributed by atoms with Crippen LogP contribution in [0.4, 0.5) is 0 Å². The Bertz CT molecular complexity index is 826. The summed E-state index contributed by atoms with van der Waals surface area (Å²) in [5, 5.41) is 0. The molecule has 2 aliphatic rings. The number of benzene rings is 2. The summed E-state index contributed by atoms with van der Waals surface area (Å²) in [7, 11) is 3.48. The molecule has 4 rings (SSSR count). The second-order valence-corrected chi connectivity index (χ2v) is 8.16. The molecular weight excluding hydrogens is 336 g/mol. The summed E-state index contributed by atoms with van der Waals surface area (Å²) in [6, 6.07) is 4.59. The van der Waals surface area contributed by atoms with E-state index in [9.17, 15) is 0 Å². The number of hydrogen-bond acceptors (Lipinski definition) is 3. The highest BCUT2D eigenvalue weighted by atomic mass is 16.5. The van der Waals surface area contributed by atoms with E-state index in [4.69, 9.17) is 14.2 Å². The predicted octanol–water partition coefficient (Wildman–Crippen LogP) is 6.37. The molecule has 0 spiro atoms. The Morgan fingerprint density at radius 3 is 1.63 bits per heavy atom. The van der Waals surface area contributed by atoms with Gasteiger partial charge in [-0.15, -0.1) is 0 Å². The first kappa shape index (κ1) is 18.2. The van der Waals surface area contributed by atoms with Gasteiger partial charge in [0.1, 0.15) is 23.0 Å². The first-order valence-corrected chi connectivity index (χ1v) is 10.0. The average molecular weight is 367 g/mol. The van der Waals surface area contributed by atoms with Crippen LogP contribution in [0.2, 0.25) is 0 Å². The van der Waals surface area contributed by atoms with E-state index in [1.807, 2.05) is 0 Å². The van der Waals surface area contributed by atoms with Gasteiger partial charge in [-0.25, -0.2) is 0 Å². The van der Waals surface area contributed by atoms with E-state index in [-0.39, 0.29) is 0 Å². The van der Waals surface area contributed by atoms with Crippen molar-refractivity contribution in [1.29, 1.82) is 0 Å². The lowest BCUT2D eigenvalue weighted by atomic mass is 9.75. The van der Waals surface area contributed by atoms with Crippen molar-refractivity contribution in [3.8, 4) is 23.0 Å². The van der Waals surface area contributed by atoms with Gasteiger partial charge in [-0.05, 0) is 69.7 Å². The van der Waals surface area contributed by atoms with Gasteiger partial charge in [0, 0.05) is 28.2 Å². The molecule has 0 amide bonds. The Morgan fingerprint density at radius 1 is 0.778 bits per heavy atom. The summed E-state index contributed by atoms with van der Waals surface area (Å²) >= 11 is 0. The molecule has 0 atom stereocenters. The van der Waals surface area contributed by atoms with E-state index in [1.165, 1.54) is 47.9 Å². The first-order chi connectivity index (χ1) is 13.0. The fourth-order valence-electron chi connectivity index (χ4n) is 5.39. The Morgan fingerprint density at radius 2 is 1.22 bits per heavy atom. The Balaban J connectivity index is 1.99. The lowest BCUT2D eigenvalue weighted by Crippen LogP contribution is -2.19. The molecule has 1 fully saturated rings. The van der Waals surface area contributed by atoms with Gasteiger partial charge in [0.25, 0.3) is 0 Å². The molecule has 1 aliphatic heterocycles. The topological polar surface area (TPSA) is 27.7 Å². The Hall–Kier alpha value is -2.16. The van der Waals surface area contributed by atoms with Crippen molar-refractivity contribution in [2.24, 2.45) is 5.92 Å². The number of hydrogen-bond donors (Lipinski definition) is 0. The normalized spacial score (nSPS) is 16.7. The van der Waals surface area contributed by atoms with Crippen molar-refractivity contribution in [1.82, 2.24) is 0 Å². The van der Waals surface area contributed by atoms with Crippen LogP contribution < -0.4 is 14.2 Å². The van der Waals surface area contributed by atoms with Crippen molar-refractivity contribution < 1.29 is 14.2 Å². The average Bonchev–Trinajstić information content (AvgIpc) is 3.15. The van der Waals surface area contributed by atoms with Crippen molar-refractivity contribution in [3.63, 3.8) is 0 Å². The summed E-state index contributed by atoms with van der Waals surface area (Å²) in [6.45, 7) is 8.50. The summed E-state index contributed by atoms with van der Waals surface area (Å²) in [6.07, 6.45) is 5.24. The van der Waals surface area contributed by atoms with E-state index < -0.39 is 0 Å². The SMILES string of the molecule is COc1c(C)cc2c(c1C)Oc1c(cc(C)c(OC)c1C)C2C1CCCC1. The molecule has 1 heterocycles. The summed E-state index contributed by atoms with van der Waals surface area (Å²) < 4.78 is 17.9. The minimum atomic E-state index is 0.387. The number of rotatable bonds is 3. The quantitative estimate of drug-likeness (QED) is 0.632. The molecule has 0 aromatic heterocycles. The highest BCUT2D eigenvalue weighted by Gasteiger charge is 2.38. The van der Waals surface area contributed by atoms with Gasteiger partial charge in [0.2, 0.25) is 0 Å². The van der Waals surface area contributed by atoms with Crippen LogP contribution in [0, 0.1) is 33.6 Å². The monoisotopic (exact) mass is 366 g/mol. The summed E-state index contributed by atoms with van der Waals surface area (Å²) in [5.41, 5.74) is 7.22. The third kappa shape index (κ3) is 2.70. The van der Waals surface area contributed by atoms with Gasteiger partial charge in [-0.3, -0.25) is 0 Å². The molecule has 3 nitrogen and oxygen atoms in total. The fourth-order valence-corrected chi connectivity index (χ4v) is 5.39. The predicted molar refractivity (Wildman–Crippen MR) is 109 cm³/mol. The second kappa shape index (κ2) is 6.78. The van der Waals surface area contributed by atoms with E-state index in [0.29, 0.717) is 11.8 Å². The molecule has 2 aromatic carbocycles. The van der Waals surface area contributed by atoms with Gasteiger partial charge < -0.3 is 14.2 Å². The molecule has 2 aromatic rings. The zero-order valence-electron chi connectivity index (χ0n) is 17.4. The van der Waals surface area contributed by atoms with E-state index in [0.717, 1.165) is 34.1 Å². The summed E-state index contributed by atoms with van der Waals surface area (Å²) in [5.74, 6) is 4.88. The lowest BCUT2D eigenvalue weighted by molar-refractivity contribution is 0.369. The molecule has 3 heteroatoms. The molecule has 0 radical (unpaired) electrons. The van der Waals surface area contributed by atoms with Crippen LogP contribution in [0.3, 0.4) is 0 Å². The minimum Gasteiger partial charge on any atom is -0.496 e. The minimum absolute atomic E-state index is 0.387. The highest BCUT2D eigenvalue weighted by Crippen LogP contribution is 2.56. The van der Waals surface area contributed by atoms with Crippen LogP contribution in [0.25, 0.3) is 0 Å². The molecule has 0 N–H and O–H groups in total. The Labute approximate surface area is 162 Å². The zero-order valence-corrected chi connectivity index (χ0v) is 17.4. The van der Waals surface area contributed by atoms with Gasteiger partial charge in [-0.2, -0.15) is 0 Å². The smallest absolute Gasteiger partial charge is 0.137 e. The lowest BCUT2D eigenvalue weighted by Gasteiger charge is -2.35. The van der Waals surface area contributed by atoms with Crippen molar-refractivity contribution >= 4 is 0 Å². The van der Waals surface area contributed by atoms with Gasteiger partial charge in [0.05, 0.1) is 14.2 Å². The standard InChI is InChI=1S/C24H30O3/c1-13-11-18-20(17-9-7-8-10-17)19-12-14(2)22(26-6)16(4)24(19)27-23(18)15(3)21(13)25-5/h11-12,17,20H,7-10H2,1-6H3. The molecule has 1 saturated carbocycles. The van der Waals surface area contributed by atoms with Crippen LogP contribution >= 0.6 is 0 Å². The maximum atomic E-state index is 6.56. The third-order valence-corrected chi connectivity index (χ3v) is 6.50. The maximum Gasteiger partial charge on any atom is 0.137 e. The number of fused-ring (bicyclic) bond motifs is 2. The molecule has 0 bridgehead atoms. The zero-order chi connectivity index (χ0) is 19.3. The van der Waals surface area contributed by atoms with E-state index in [1.54, 1.807) is 14.2 Å². The maximum absolute atomic E-state index is 6.56. The summed E-state index contributed by atoms with van der Waals surface area (Å²) in [4.78, 5) is 0. The van der Waals surface area contributed by atoms with Crippen molar-refractivity contribution in [3.05, 3.63) is 45.5 Å². The molecule has 1 aliphatic carbocycles. The van der Waals surface area contributed by atoms with Crippen molar-refractivity contribution in [2.75, 3.05) is 14.2 Å². The van der Waals surface area contributed by atoms with Crippen LogP contribution in [-0.2, 0) is 0 Å². The largest absolute Gasteiger partial charge is 0.496 e. The van der Waals surface area contributed by atoms with E-state index >= 15 is 0 Å². The van der Waals surface area contributed by atoms with Gasteiger partial charge in [-0.1, -0.05) is 12.8 Å². The van der Waals surface area contributed by atoms with Crippen LogP contribution in [0.5, 0.6) is 23.0 Å². The first-order valence-electron chi connectivity index (χ1n) is 10.0. The van der Waals surface area contributed by atoms with Crippen LogP contribution in [0.15, 0.2) is 12.1 Å². The van der Waals surface area contributed by atoms with Gasteiger partial charge in [0.15, 0.2) is 0 Å². The van der Waals surface area contributed by atoms with E-state index in [2.05, 4.69) is 39.8 Å². The molecule has 27 heavy (non-hydrogen) atoms.